The first kappa shape index (κ1) is 35.4. The number of carbonyl (C=O) groups is 3. The van der Waals surface area contributed by atoms with E-state index in [4.69, 9.17) is 14.2 Å². The topological polar surface area (TPSA) is 99.1 Å². The summed E-state index contributed by atoms with van der Waals surface area (Å²) >= 11 is 0. The van der Waals surface area contributed by atoms with Gasteiger partial charge in [-0.15, -0.1) is 0 Å². The van der Waals surface area contributed by atoms with Crippen molar-refractivity contribution in [2.45, 2.75) is 139 Å². The van der Waals surface area contributed by atoms with Crippen molar-refractivity contribution in [3.05, 3.63) is 0 Å². The molecule has 0 aromatic heterocycles. The van der Waals surface area contributed by atoms with Gasteiger partial charge in [0.05, 0.1) is 32.7 Å². The van der Waals surface area contributed by atoms with Crippen LogP contribution in [0.25, 0.3) is 0 Å². The summed E-state index contributed by atoms with van der Waals surface area (Å²) in [6.07, 6.45) is 6.31. The minimum Gasteiger partial charge on any atom is -0.466 e. The van der Waals surface area contributed by atoms with Gasteiger partial charge in [0.1, 0.15) is 0 Å². The lowest BCUT2D eigenvalue weighted by Gasteiger charge is -2.29. The molecule has 7 heteroatoms. The van der Waals surface area contributed by atoms with Gasteiger partial charge in [0, 0.05) is 0 Å². The molecule has 0 spiro atoms. The molecule has 0 rings (SSSR count). The molecule has 0 aliphatic rings. The molecule has 0 aliphatic heterocycles. The lowest BCUT2D eigenvalue weighted by atomic mass is 9.82. The maximum Gasteiger partial charge on any atom is 0.339 e. The van der Waals surface area contributed by atoms with Crippen LogP contribution in [0.15, 0.2) is 0 Å². The van der Waals surface area contributed by atoms with Crippen molar-refractivity contribution in [1.82, 2.24) is 0 Å². The van der Waals surface area contributed by atoms with Crippen molar-refractivity contribution < 1.29 is 33.7 Å². The number of rotatable bonds is 20. The zero-order valence-corrected chi connectivity index (χ0v) is 25.3. The van der Waals surface area contributed by atoms with Gasteiger partial charge < -0.3 is 19.3 Å². The third kappa shape index (κ3) is 12.6. The minimum absolute atomic E-state index is 0.00662. The van der Waals surface area contributed by atoms with Crippen LogP contribution in [0.2, 0.25) is 0 Å². The van der Waals surface area contributed by atoms with E-state index in [1.54, 1.807) is 0 Å². The van der Waals surface area contributed by atoms with Crippen LogP contribution >= 0.6 is 0 Å². The summed E-state index contributed by atoms with van der Waals surface area (Å²) in [4.78, 5) is 38.2. The van der Waals surface area contributed by atoms with Gasteiger partial charge in [-0.05, 0) is 35.5 Å². The summed E-state index contributed by atoms with van der Waals surface area (Å²) in [5.74, 6) is -2.47. The maximum atomic E-state index is 13.0. The molecule has 0 aromatic carbocycles. The molecule has 0 aromatic rings. The standard InChI is InChI=1S/C30H56O7/c1-10-27(7,11-2)16-19-35-24(31)22-30(34,26(33)37-21-18-29(9,14-5)15-6)23-25(32)36-20-17-28(8,12-3)13-4/h34H,10-23H2,1-9H3. The zero-order valence-electron chi connectivity index (χ0n) is 25.3. The van der Waals surface area contributed by atoms with Gasteiger partial charge in [-0.2, -0.15) is 0 Å². The predicted molar refractivity (Wildman–Crippen MR) is 147 cm³/mol. The van der Waals surface area contributed by atoms with Crippen LogP contribution in [0, 0.1) is 16.2 Å². The molecule has 0 fully saturated rings. The molecule has 7 nitrogen and oxygen atoms in total. The predicted octanol–water partition coefficient (Wildman–Crippen LogP) is 6.78. The highest BCUT2D eigenvalue weighted by molar-refractivity contribution is 5.90. The average Bonchev–Trinajstić information content (AvgIpc) is 2.87. The number of hydrogen-bond acceptors (Lipinski definition) is 7. The third-order valence-electron chi connectivity index (χ3n) is 9.25. The largest absolute Gasteiger partial charge is 0.466 e. The molecule has 0 saturated carbocycles. The van der Waals surface area contributed by atoms with E-state index in [1.165, 1.54) is 0 Å². The van der Waals surface area contributed by atoms with E-state index in [2.05, 4.69) is 62.3 Å². The first-order valence-electron chi connectivity index (χ1n) is 14.4. The van der Waals surface area contributed by atoms with Crippen molar-refractivity contribution in [3.8, 4) is 0 Å². The molecule has 0 heterocycles. The SMILES string of the molecule is CCC(C)(CC)CCOC(=O)CC(O)(CC(=O)OCCC(C)(CC)CC)C(=O)OCCC(C)(CC)CC. The van der Waals surface area contributed by atoms with Crippen LogP contribution in [0.1, 0.15) is 133 Å². The Balaban J connectivity index is 5.31. The summed E-state index contributed by atoms with van der Waals surface area (Å²) < 4.78 is 16.1. The highest BCUT2D eigenvalue weighted by Gasteiger charge is 2.43. The van der Waals surface area contributed by atoms with E-state index in [9.17, 15) is 19.5 Å². The van der Waals surface area contributed by atoms with Crippen molar-refractivity contribution in [3.63, 3.8) is 0 Å². The first-order chi connectivity index (χ1) is 17.2. The fourth-order valence-corrected chi connectivity index (χ4v) is 3.94. The molecule has 0 aliphatic carbocycles. The van der Waals surface area contributed by atoms with Gasteiger partial charge in [0.25, 0.3) is 0 Å². The normalized spacial score (nSPS) is 12.8. The highest BCUT2D eigenvalue weighted by atomic mass is 16.6. The van der Waals surface area contributed by atoms with Crippen LogP contribution in [0.5, 0.6) is 0 Å². The fourth-order valence-electron chi connectivity index (χ4n) is 3.94. The summed E-state index contributed by atoms with van der Waals surface area (Å²) in [7, 11) is 0. The molecular weight excluding hydrogens is 472 g/mol. The fraction of sp³-hybridized carbons (Fsp3) is 0.900. The number of esters is 3. The number of carbonyl (C=O) groups excluding carboxylic acids is 3. The maximum absolute atomic E-state index is 13.0. The lowest BCUT2D eigenvalue weighted by Crippen LogP contribution is -2.45. The van der Waals surface area contributed by atoms with E-state index < -0.39 is 36.4 Å². The molecular formula is C30H56O7. The Morgan fingerprint density at radius 1 is 0.541 bits per heavy atom. The van der Waals surface area contributed by atoms with Gasteiger partial charge in [-0.25, -0.2) is 4.79 Å². The molecule has 218 valence electrons. The average molecular weight is 529 g/mol. The quantitative estimate of drug-likeness (QED) is 0.137. The first-order valence-corrected chi connectivity index (χ1v) is 14.4. The van der Waals surface area contributed by atoms with Crippen LogP contribution in [-0.2, 0) is 28.6 Å². The summed E-state index contributed by atoms with van der Waals surface area (Å²) in [6, 6.07) is 0. The Labute approximate surface area is 226 Å². The highest BCUT2D eigenvalue weighted by Crippen LogP contribution is 2.32. The van der Waals surface area contributed by atoms with Gasteiger partial charge in [-0.1, -0.05) is 101 Å². The smallest absolute Gasteiger partial charge is 0.339 e. The van der Waals surface area contributed by atoms with E-state index in [0.717, 1.165) is 38.5 Å². The van der Waals surface area contributed by atoms with Crippen molar-refractivity contribution in [2.24, 2.45) is 16.2 Å². The summed E-state index contributed by atoms with van der Waals surface area (Å²) in [6.45, 7) is 19.4. The second-order valence-electron chi connectivity index (χ2n) is 11.8. The van der Waals surface area contributed by atoms with Crippen molar-refractivity contribution in [1.29, 1.82) is 0 Å². The molecule has 0 radical (unpaired) electrons. The van der Waals surface area contributed by atoms with E-state index in [0.29, 0.717) is 19.3 Å². The molecule has 0 atom stereocenters. The molecule has 0 unspecified atom stereocenters. The lowest BCUT2D eigenvalue weighted by molar-refractivity contribution is -0.178. The van der Waals surface area contributed by atoms with Crippen LogP contribution in [-0.4, -0.2) is 48.4 Å². The second-order valence-corrected chi connectivity index (χ2v) is 11.8. The molecule has 0 bridgehead atoms. The Hall–Kier alpha value is -1.63. The van der Waals surface area contributed by atoms with E-state index in [-0.39, 0.29) is 36.1 Å². The zero-order chi connectivity index (χ0) is 28.8. The minimum atomic E-state index is -2.33. The van der Waals surface area contributed by atoms with Crippen molar-refractivity contribution >= 4 is 17.9 Å². The van der Waals surface area contributed by atoms with Crippen LogP contribution < -0.4 is 0 Å². The molecule has 0 saturated heterocycles. The van der Waals surface area contributed by atoms with Gasteiger partial charge in [0.15, 0.2) is 5.60 Å². The Bertz CT molecular complexity index is 650. The second kappa shape index (κ2) is 16.4. The number of hydrogen-bond donors (Lipinski definition) is 1. The Morgan fingerprint density at radius 2 is 0.811 bits per heavy atom. The summed E-state index contributed by atoms with van der Waals surface area (Å²) in [5.41, 5.74) is -2.22. The van der Waals surface area contributed by atoms with Crippen LogP contribution in [0.4, 0.5) is 0 Å². The van der Waals surface area contributed by atoms with Gasteiger partial charge >= 0.3 is 17.9 Å². The van der Waals surface area contributed by atoms with Crippen LogP contribution in [0.3, 0.4) is 0 Å². The van der Waals surface area contributed by atoms with Gasteiger partial charge in [0.2, 0.25) is 0 Å². The number of ether oxygens (including phenoxy) is 3. The number of aliphatic hydroxyl groups is 1. The van der Waals surface area contributed by atoms with Crippen molar-refractivity contribution in [2.75, 3.05) is 19.8 Å². The monoisotopic (exact) mass is 528 g/mol. The van der Waals surface area contributed by atoms with E-state index >= 15 is 0 Å². The molecule has 37 heavy (non-hydrogen) atoms. The third-order valence-corrected chi connectivity index (χ3v) is 9.25. The van der Waals surface area contributed by atoms with Gasteiger partial charge in [-0.3, -0.25) is 9.59 Å². The Kier molecular flexibility index (Phi) is 15.6. The van der Waals surface area contributed by atoms with E-state index in [1.807, 2.05) is 0 Å². The molecule has 0 amide bonds. The summed E-state index contributed by atoms with van der Waals surface area (Å²) in [5, 5.41) is 11.2. The molecule has 1 N–H and O–H groups in total. The Morgan fingerprint density at radius 3 is 1.08 bits per heavy atom.